The van der Waals surface area contributed by atoms with Crippen LogP contribution in [0.5, 0.6) is 0 Å². The molecule has 0 spiro atoms. The van der Waals surface area contributed by atoms with Gasteiger partial charge in [-0.05, 0) is 32.6 Å². The van der Waals surface area contributed by atoms with Crippen LogP contribution in [0.15, 0.2) is 4.99 Å². The Hall–Kier alpha value is -0.330. The van der Waals surface area contributed by atoms with Crippen LogP contribution in [0.3, 0.4) is 0 Å². The summed E-state index contributed by atoms with van der Waals surface area (Å²) < 4.78 is 0. The molecule has 0 aromatic rings. The quantitative estimate of drug-likeness (QED) is 0.534. The summed E-state index contributed by atoms with van der Waals surface area (Å²) in [6.07, 6.45) is 4.53. The molecular weight excluding hydrogens is 122 g/mol. The zero-order valence-corrected chi connectivity index (χ0v) is 7.59. The van der Waals surface area contributed by atoms with Crippen molar-refractivity contribution in [2.45, 2.75) is 46.6 Å². The van der Waals surface area contributed by atoms with Crippen molar-refractivity contribution in [1.29, 1.82) is 0 Å². The molecule has 0 bridgehead atoms. The van der Waals surface area contributed by atoms with Gasteiger partial charge in [-0.2, -0.15) is 0 Å². The summed E-state index contributed by atoms with van der Waals surface area (Å²) >= 11 is 0. The van der Waals surface area contributed by atoms with Crippen LogP contribution in [0.4, 0.5) is 0 Å². The van der Waals surface area contributed by atoms with Gasteiger partial charge in [-0.25, -0.2) is 0 Å². The van der Waals surface area contributed by atoms with E-state index in [0.717, 1.165) is 0 Å². The lowest BCUT2D eigenvalue weighted by Gasteiger charge is -2.04. The first kappa shape index (κ1) is 9.67. The van der Waals surface area contributed by atoms with E-state index >= 15 is 0 Å². The van der Waals surface area contributed by atoms with E-state index in [2.05, 4.69) is 38.9 Å². The topological polar surface area (TPSA) is 12.4 Å². The molecule has 0 fully saturated rings. The molecule has 0 N–H and O–H groups in total. The molecule has 0 unspecified atom stereocenters. The Kier molecular flexibility index (Phi) is 5.27. The lowest BCUT2D eigenvalue weighted by atomic mass is 10.1. The summed E-state index contributed by atoms with van der Waals surface area (Å²) in [5.41, 5.74) is 0. The fourth-order valence-corrected chi connectivity index (χ4v) is 0.793. The van der Waals surface area contributed by atoms with E-state index in [1.54, 1.807) is 0 Å². The van der Waals surface area contributed by atoms with Crippen molar-refractivity contribution in [2.24, 2.45) is 10.9 Å². The van der Waals surface area contributed by atoms with E-state index in [9.17, 15) is 0 Å². The van der Waals surface area contributed by atoms with E-state index in [4.69, 9.17) is 0 Å². The van der Waals surface area contributed by atoms with Gasteiger partial charge < -0.3 is 0 Å². The van der Waals surface area contributed by atoms with Gasteiger partial charge in [0.15, 0.2) is 0 Å². The fourth-order valence-electron chi connectivity index (χ4n) is 0.793. The van der Waals surface area contributed by atoms with Crippen molar-refractivity contribution < 1.29 is 0 Å². The van der Waals surface area contributed by atoms with Gasteiger partial charge in [-0.15, -0.1) is 0 Å². The third-order valence-electron chi connectivity index (χ3n) is 1.64. The predicted octanol–water partition coefficient (Wildman–Crippen LogP) is 2.90. The summed E-state index contributed by atoms with van der Waals surface area (Å²) in [4.78, 5) is 4.34. The predicted molar refractivity (Wildman–Crippen MR) is 47.7 cm³/mol. The van der Waals surface area contributed by atoms with Gasteiger partial charge in [0.05, 0.1) is 0 Å². The van der Waals surface area contributed by atoms with Gasteiger partial charge in [0.1, 0.15) is 0 Å². The molecule has 0 aromatic heterocycles. The Morgan fingerprint density at radius 1 is 1.20 bits per heavy atom. The molecule has 0 aliphatic heterocycles. The van der Waals surface area contributed by atoms with Gasteiger partial charge in [0, 0.05) is 12.3 Å². The average Bonchev–Trinajstić information content (AvgIpc) is 1.90. The lowest BCUT2D eigenvalue weighted by Crippen LogP contribution is -2.00. The largest absolute Gasteiger partial charge is 0.295 e. The maximum absolute atomic E-state index is 4.34. The molecule has 1 heteroatoms. The van der Waals surface area contributed by atoms with Crippen LogP contribution in [-0.4, -0.2) is 12.3 Å². The van der Waals surface area contributed by atoms with Crippen molar-refractivity contribution in [2.75, 3.05) is 0 Å². The molecule has 0 aliphatic carbocycles. The zero-order chi connectivity index (χ0) is 7.98. The Labute approximate surface area is 64.6 Å². The van der Waals surface area contributed by atoms with Crippen LogP contribution < -0.4 is 0 Å². The summed E-state index contributed by atoms with van der Waals surface area (Å²) in [5.74, 6) is 0.697. The third-order valence-corrected chi connectivity index (χ3v) is 1.64. The van der Waals surface area contributed by atoms with E-state index < -0.39 is 0 Å². The SMILES string of the molecule is CCC(C=NC(C)C)CC. The van der Waals surface area contributed by atoms with Gasteiger partial charge in [0.2, 0.25) is 0 Å². The normalized spacial score (nSPS) is 12.2. The number of rotatable bonds is 4. The summed E-state index contributed by atoms with van der Waals surface area (Å²) in [6, 6.07) is 0.459. The van der Waals surface area contributed by atoms with Crippen LogP contribution in [0.25, 0.3) is 0 Å². The Morgan fingerprint density at radius 2 is 1.70 bits per heavy atom. The monoisotopic (exact) mass is 141 g/mol. The van der Waals surface area contributed by atoms with E-state index in [0.29, 0.717) is 12.0 Å². The molecular formula is C9H19N. The van der Waals surface area contributed by atoms with Crippen LogP contribution in [0.2, 0.25) is 0 Å². The number of aliphatic imine (C=N–C) groups is 1. The maximum Gasteiger partial charge on any atom is 0.0439 e. The zero-order valence-electron chi connectivity index (χ0n) is 7.59. The first-order valence-electron chi connectivity index (χ1n) is 4.24. The van der Waals surface area contributed by atoms with Crippen molar-refractivity contribution >= 4 is 6.21 Å². The summed E-state index contributed by atoms with van der Waals surface area (Å²) in [5, 5.41) is 0. The van der Waals surface area contributed by atoms with Crippen molar-refractivity contribution in [3.05, 3.63) is 0 Å². The minimum atomic E-state index is 0.459. The minimum absolute atomic E-state index is 0.459. The highest BCUT2D eigenvalue weighted by atomic mass is 14.7. The highest BCUT2D eigenvalue weighted by molar-refractivity contribution is 5.60. The molecule has 0 atom stereocenters. The molecule has 0 amide bonds. The molecule has 0 radical (unpaired) electrons. The first-order chi connectivity index (χ1) is 4.70. The molecule has 0 rings (SSSR count). The molecule has 0 heterocycles. The van der Waals surface area contributed by atoms with E-state index in [1.165, 1.54) is 12.8 Å². The second-order valence-corrected chi connectivity index (χ2v) is 2.97. The van der Waals surface area contributed by atoms with E-state index in [-0.39, 0.29) is 0 Å². The minimum Gasteiger partial charge on any atom is -0.295 e. The van der Waals surface area contributed by atoms with Crippen LogP contribution in [-0.2, 0) is 0 Å². The van der Waals surface area contributed by atoms with Gasteiger partial charge >= 0.3 is 0 Å². The molecule has 60 valence electrons. The number of nitrogens with zero attached hydrogens (tertiary/aromatic N) is 1. The lowest BCUT2D eigenvalue weighted by molar-refractivity contribution is 0.648. The second kappa shape index (κ2) is 5.45. The summed E-state index contributed by atoms with van der Waals surface area (Å²) in [6.45, 7) is 8.64. The number of hydrogen-bond donors (Lipinski definition) is 0. The summed E-state index contributed by atoms with van der Waals surface area (Å²) in [7, 11) is 0. The maximum atomic E-state index is 4.34. The van der Waals surface area contributed by atoms with Gasteiger partial charge in [0.25, 0.3) is 0 Å². The molecule has 10 heavy (non-hydrogen) atoms. The molecule has 1 nitrogen and oxygen atoms in total. The highest BCUT2D eigenvalue weighted by Crippen LogP contribution is 2.03. The molecule has 0 aliphatic rings. The molecule has 0 saturated heterocycles. The standard InChI is InChI=1S/C9H19N/c1-5-9(6-2)7-10-8(3)4/h7-9H,5-6H2,1-4H3. The average molecular weight is 141 g/mol. The smallest absolute Gasteiger partial charge is 0.0439 e. The number of hydrogen-bond acceptors (Lipinski definition) is 1. The van der Waals surface area contributed by atoms with Crippen LogP contribution >= 0.6 is 0 Å². The first-order valence-corrected chi connectivity index (χ1v) is 4.24. The fraction of sp³-hybridized carbons (Fsp3) is 0.889. The highest BCUT2D eigenvalue weighted by Gasteiger charge is 1.97. The molecule has 0 aromatic carbocycles. The third kappa shape index (κ3) is 4.54. The van der Waals surface area contributed by atoms with Crippen molar-refractivity contribution in [3.63, 3.8) is 0 Å². The van der Waals surface area contributed by atoms with Crippen molar-refractivity contribution in [1.82, 2.24) is 0 Å². The second-order valence-electron chi connectivity index (χ2n) is 2.97. The molecule has 0 saturated carbocycles. The van der Waals surface area contributed by atoms with Crippen molar-refractivity contribution in [3.8, 4) is 0 Å². The Bertz CT molecular complexity index is 90.9. The van der Waals surface area contributed by atoms with Gasteiger partial charge in [-0.1, -0.05) is 13.8 Å². The van der Waals surface area contributed by atoms with Crippen LogP contribution in [0, 0.1) is 5.92 Å². The van der Waals surface area contributed by atoms with Crippen LogP contribution in [0.1, 0.15) is 40.5 Å². The Balaban J connectivity index is 3.61. The Morgan fingerprint density at radius 3 is 2.00 bits per heavy atom. The van der Waals surface area contributed by atoms with E-state index in [1.807, 2.05) is 0 Å². The van der Waals surface area contributed by atoms with Gasteiger partial charge in [-0.3, -0.25) is 4.99 Å².